The van der Waals surface area contributed by atoms with Crippen molar-refractivity contribution in [2.45, 2.75) is 37.8 Å². The van der Waals surface area contributed by atoms with Crippen molar-refractivity contribution in [2.75, 3.05) is 33.4 Å². The summed E-state index contributed by atoms with van der Waals surface area (Å²) in [6, 6.07) is 10.2. The normalized spacial score (nSPS) is 21.2. The number of nitrogens with one attached hydrogen (secondary N) is 1. The lowest BCUT2D eigenvalue weighted by Crippen LogP contribution is -2.46. The van der Waals surface area contributed by atoms with E-state index in [0.717, 1.165) is 32.3 Å². The number of fused-ring (bicyclic) bond motifs is 1. The summed E-state index contributed by atoms with van der Waals surface area (Å²) in [6.45, 7) is 4.19. The summed E-state index contributed by atoms with van der Waals surface area (Å²) in [4.78, 5) is 2.61. The summed E-state index contributed by atoms with van der Waals surface area (Å²) in [7, 11) is 1.82. The lowest BCUT2D eigenvalue weighted by molar-refractivity contribution is 0.0916. The number of benzene rings is 1. The molecule has 0 spiro atoms. The van der Waals surface area contributed by atoms with Gasteiger partial charge in [-0.2, -0.15) is 0 Å². The molecule has 1 unspecified atom stereocenters. The van der Waals surface area contributed by atoms with Crippen LogP contribution >= 0.6 is 0 Å². The lowest BCUT2D eigenvalue weighted by Gasteiger charge is -2.30. The quantitative estimate of drug-likeness (QED) is 0.857. The molecular weight excluding hydrogens is 248 g/mol. The van der Waals surface area contributed by atoms with Crippen LogP contribution in [-0.4, -0.2) is 50.3 Å². The van der Waals surface area contributed by atoms with E-state index >= 15 is 0 Å². The van der Waals surface area contributed by atoms with Gasteiger partial charge in [0.1, 0.15) is 0 Å². The van der Waals surface area contributed by atoms with Crippen LogP contribution in [0.1, 0.15) is 24.0 Å². The molecule has 0 aromatic heterocycles. The molecule has 110 valence electrons. The molecule has 0 radical (unpaired) electrons. The number of hydrogen-bond donors (Lipinski definition) is 1. The lowest BCUT2D eigenvalue weighted by atomic mass is 10.0. The van der Waals surface area contributed by atoms with Crippen LogP contribution in [0.4, 0.5) is 0 Å². The van der Waals surface area contributed by atoms with Gasteiger partial charge in [0.15, 0.2) is 0 Å². The number of ether oxygens (including phenoxy) is 1. The van der Waals surface area contributed by atoms with Crippen molar-refractivity contribution in [1.82, 2.24) is 10.2 Å². The number of methoxy groups -OCH3 is 1. The largest absolute Gasteiger partial charge is 0.383 e. The molecule has 3 heteroatoms. The number of rotatable bonds is 6. The van der Waals surface area contributed by atoms with E-state index in [1.807, 2.05) is 7.11 Å². The zero-order valence-corrected chi connectivity index (χ0v) is 12.5. The van der Waals surface area contributed by atoms with E-state index in [2.05, 4.69) is 34.5 Å². The molecular formula is C17H26N2O. The van der Waals surface area contributed by atoms with Crippen molar-refractivity contribution >= 4 is 0 Å². The molecule has 1 aromatic rings. The molecule has 3 nitrogen and oxygen atoms in total. The molecule has 1 atom stereocenters. The average Bonchev–Trinajstić information content (AvgIpc) is 3.30. The Labute approximate surface area is 122 Å². The summed E-state index contributed by atoms with van der Waals surface area (Å²) in [5.74, 6) is 0. The first-order chi connectivity index (χ1) is 9.86. The van der Waals surface area contributed by atoms with Crippen LogP contribution in [-0.2, 0) is 17.6 Å². The van der Waals surface area contributed by atoms with E-state index < -0.39 is 0 Å². The van der Waals surface area contributed by atoms with Gasteiger partial charge >= 0.3 is 0 Å². The molecule has 2 aliphatic rings. The predicted molar refractivity (Wildman–Crippen MR) is 82.1 cm³/mol. The highest BCUT2D eigenvalue weighted by Gasteiger charge is 2.25. The smallest absolute Gasteiger partial charge is 0.0630 e. The summed E-state index contributed by atoms with van der Waals surface area (Å²) in [5, 5.41) is 3.66. The van der Waals surface area contributed by atoms with Crippen molar-refractivity contribution in [1.29, 1.82) is 0 Å². The first-order valence-electron chi connectivity index (χ1n) is 7.90. The van der Waals surface area contributed by atoms with Crippen LogP contribution < -0.4 is 5.32 Å². The third kappa shape index (κ3) is 3.60. The fourth-order valence-electron chi connectivity index (χ4n) is 3.13. The van der Waals surface area contributed by atoms with Crippen molar-refractivity contribution in [3.05, 3.63) is 35.4 Å². The maximum atomic E-state index is 5.45. The Kier molecular flexibility index (Phi) is 4.71. The standard InChI is InChI=1S/C17H26N2O/c1-20-13-17(12-18-16-6-7-16)19-10-8-14-4-2-3-5-15(14)9-11-19/h2-5,16-18H,6-13H2,1H3. The van der Waals surface area contributed by atoms with Crippen molar-refractivity contribution < 1.29 is 4.74 Å². The van der Waals surface area contributed by atoms with Gasteiger partial charge in [0.05, 0.1) is 6.61 Å². The van der Waals surface area contributed by atoms with Gasteiger partial charge < -0.3 is 10.1 Å². The SMILES string of the molecule is COCC(CNC1CC1)N1CCc2ccccc2CC1. The third-order valence-electron chi connectivity index (χ3n) is 4.55. The summed E-state index contributed by atoms with van der Waals surface area (Å²) < 4.78 is 5.45. The number of nitrogens with zero attached hydrogens (tertiary/aromatic N) is 1. The Morgan fingerprint density at radius 1 is 1.20 bits per heavy atom. The van der Waals surface area contributed by atoms with Gasteiger partial charge in [-0.25, -0.2) is 0 Å². The molecule has 3 rings (SSSR count). The summed E-state index contributed by atoms with van der Waals surface area (Å²) in [5.41, 5.74) is 3.06. The molecule has 1 saturated carbocycles. The van der Waals surface area contributed by atoms with Gasteiger partial charge in [-0.3, -0.25) is 4.90 Å². The second kappa shape index (κ2) is 6.70. The Balaban J connectivity index is 1.60. The minimum atomic E-state index is 0.509. The highest BCUT2D eigenvalue weighted by Crippen LogP contribution is 2.20. The molecule has 1 aliphatic heterocycles. The van der Waals surface area contributed by atoms with E-state index in [1.165, 1.54) is 36.8 Å². The summed E-state index contributed by atoms with van der Waals surface area (Å²) in [6.07, 6.45) is 5.04. The van der Waals surface area contributed by atoms with Crippen LogP contribution in [0, 0.1) is 0 Å². The van der Waals surface area contributed by atoms with Gasteiger partial charge in [-0.1, -0.05) is 24.3 Å². The van der Waals surface area contributed by atoms with E-state index in [1.54, 1.807) is 0 Å². The fraction of sp³-hybridized carbons (Fsp3) is 0.647. The molecule has 1 aliphatic carbocycles. The maximum absolute atomic E-state index is 5.45. The third-order valence-corrected chi connectivity index (χ3v) is 4.55. The number of hydrogen-bond acceptors (Lipinski definition) is 3. The highest BCUT2D eigenvalue weighted by atomic mass is 16.5. The molecule has 1 fully saturated rings. The second-order valence-corrected chi connectivity index (χ2v) is 6.10. The van der Waals surface area contributed by atoms with E-state index in [9.17, 15) is 0 Å². The molecule has 20 heavy (non-hydrogen) atoms. The first kappa shape index (κ1) is 14.1. The highest BCUT2D eigenvalue weighted by molar-refractivity contribution is 5.28. The zero-order valence-electron chi connectivity index (χ0n) is 12.5. The van der Waals surface area contributed by atoms with Gasteiger partial charge in [0, 0.05) is 38.8 Å². The van der Waals surface area contributed by atoms with Crippen LogP contribution in [0.15, 0.2) is 24.3 Å². The zero-order chi connectivity index (χ0) is 13.8. The van der Waals surface area contributed by atoms with Crippen LogP contribution in [0.3, 0.4) is 0 Å². The topological polar surface area (TPSA) is 24.5 Å². The van der Waals surface area contributed by atoms with Crippen LogP contribution in [0.5, 0.6) is 0 Å². The Morgan fingerprint density at radius 3 is 2.40 bits per heavy atom. The molecule has 0 saturated heterocycles. The van der Waals surface area contributed by atoms with Crippen LogP contribution in [0.25, 0.3) is 0 Å². The Bertz CT molecular complexity index is 404. The Morgan fingerprint density at radius 2 is 1.85 bits per heavy atom. The maximum Gasteiger partial charge on any atom is 0.0630 e. The minimum absolute atomic E-state index is 0.509. The predicted octanol–water partition coefficient (Wildman–Crippen LogP) is 1.85. The van der Waals surface area contributed by atoms with Gasteiger partial charge in [-0.05, 0) is 36.8 Å². The summed E-state index contributed by atoms with van der Waals surface area (Å²) >= 11 is 0. The molecule has 1 aromatic carbocycles. The fourth-order valence-corrected chi connectivity index (χ4v) is 3.13. The van der Waals surface area contributed by atoms with Gasteiger partial charge in [0.2, 0.25) is 0 Å². The van der Waals surface area contributed by atoms with Gasteiger partial charge in [-0.15, -0.1) is 0 Å². The molecule has 0 bridgehead atoms. The monoisotopic (exact) mass is 274 g/mol. The minimum Gasteiger partial charge on any atom is -0.383 e. The molecule has 0 amide bonds. The Hall–Kier alpha value is -0.900. The average molecular weight is 274 g/mol. The van der Waals surface area contributed by atoms with E-state index in [4.69, 9.17) is 4.74 Å². The van der Waals surface area contributed by atoms with Crippen molar-refractivity contribution in [3.8, 4) is 0 Å². The second-order valence-electron chi connectivity index (χ2n) is 6.10. The van der Waals surface area contributed by atoms with Crippen LogP contribution in [0.2, 0.25) is 0 Å². The van der Waals surface area contributed by atoms with E-state index in [0.29, 0.717) is 6.04 Å². The van der Waals surface area contributed by atoms with Gasteiger partial charge in [0.25, 0.3) is 0 Å². The molecule has 1 N–H and O–H groups in total. The molecule has 1 heterocycles. The van der Waals surface area contributed by atoms with Crippen molar-refractivity contribution in [3.63, 3.8) is 0 Å². The van der Waals surface area contributed by atoms with E-state index in [-0.39, 0.29) is 0 Å². The first-order valence-corrected chi connectivity index (χ1v) is 7.90. The van der Waals surface area contributed by atoms with Crippen molar-refractivity contribution in [2.24, 2.45) is 0 Å².